The molecule has 102 valence electrons. The molecule has 5 heteroatoms. The molecule has 0 spiro atoms. The standard InChI is InChI=1S/C14H17ClN2O2/c1-2-17(8-9-18)14(19)12-6-5-11(4-3-7-16)13(15)10-12/h5-6,10,18H,2,7-9,16H2,1H3. The monoisotopic (exact) mass is 280 g/mol. The summed E-state index contributed by atoms with van der Waals surface area (Å²) in [4.78, 5) is 13.7. The molecule has 3 N–H and O–H groups in total. The van der Waals surface area contributed by atoms with Crippen LogP contribution >= 0.6 is 11.6 Å². The Hall–Kier alpha value is -1.54. The second kappa shape index (κ2) is 7.80. The maximum Gasteiger partial charge on any atom is 0.253 e. The summed E-state index contributed by atoms with van der Waals surface area (Å²) in [6, 6.07) is 4.96. The number of likely N-dealkylation sites (N-methyl/N-ethyl adjacent to an activating group) is 1. The lowest BCUT2D eigenvalue weighted by molar-refractivity contribution is 0.0732. The molecule has 0 aromatic heterocycles. The van der Waals surface area contributed by atoms with Gasteiger partial charge in [-0.05, 0) is 25.1 Å². The molecule has 0 aliphatic rings. The van der Waals surface area contributed by atoms with Gasteiger partial charge in [-0.25, -0.2) is 0 Å². The Kier molecular flexibility index (Phi) is 6.37. The first-order valence-corrected chi connectivity index (χ1v) is 6.40. The molecule has 1 amide bonds. The van der Waals surface area contributed by atoms with Gasteiger partial charge < -0.3 is 15.7 Å². The largest absolute Gasteiger partial charge is 0.395 e. The fourth-order valence-corrected chi connectivity index (χ4v) is 1.83. The van der Waals surface area contributed by atoms with Gasteiger partial charge in [0, 0.05) is 24.2 Å². The summed E-state index contributed by atoms with van der Waals surface area (Å²) >= 11 is 6.07. The average molecular weight is 281 g/mol. The molecule has 4 nitrogen and oxygen atoms in total. The number of hydrogen-bond donors (Lipinski definition) is 2. The number of aliphatic hydroxyl groups is 1. The Morgan fingerprint density at radius 3 is 2.79 bits per heavy atom. The van der Waals surface area contributed by atoms with Crippen molar-refractivity contribution in [3.8, 4) is 11.8 Å². The fraction of sp³-hybridized carbons (Fsp3) is 0.357. The summed E-state index contributed by atoms with van der Waals surface area (Å²) in [7, 11) is 0. The van der Waals surface area contributed by atoms with Crippen LogP contribution in [0.1, 0.15) is 22.8 Å². The molecule has 1 aromatic rings. The number of rotatable bonds is 4. The Morgan fingerprint density at radius 1 is 1.53 bits per heavy atom. The van der Waals surface area contributed by atoms with Gasteiger partial charge in [0.2, 0.25) is 0 Å². The number of nitrogens with two attached hydrogens (primary N) is 1. The van der Waals surface area contributed by atoms with Gasteiger partial charge in [0.05, 0.1) is 18.2 Å². The van der Waals surface area contributed by atoms with Crippen LogP contribution in [0.5, 0.6) is 0 Å². The number of halogens is 1. The highest BCUT2D eigenvalue weighted by atomic mass is 35.5. The summed E-state index contributed by atoms with van der Waals surface area (Å²) in [6.45, 7) is 2.90. The zero-order valence-electron chi connectivity index (χ0n) is 10.8. The third kappa shape index (κ3) is 4.25. The number of carbonyl (C=O) groups is 1. The van der Waals surface area contributed by atoms with Crippen LogP contribution in [0, 0.1) is 11.8 Å². The van der Waals surface area contributed by atoms with Crippen LogP contribution in [0.25, 0.3) is 0 Å². The number of benzene rings is 1. The highest BCUT2D eigenvalue weighted by Gasteiger charge is 2.14. The first-order valence-electron chi connectivity index (χ1n) is 6.02. The van der Waals surface area contributed by atoms with Crippen LogP contribution in [0.4, 0.5) is 0 Å². The van der Waals surface area contributed by atoms with Gasteiger partial charge in [-0.1, -0.05) is 23.4 Å². The van der Waals surface area contributed by atoms with Crippen molar-refractivity contribution in [2.45, 2.75) is 6.92 Å². The second-order valence-electron chi connectivity index (χ2n) is 3.81. The van der Waals surface area contributed by atoms with Crippen LogP contribution in [0.15, 0.2) is 18.2 Å². The van der Waals surface area contributed by atoms with Crippen LogP contribution in [0.3, 0.4) is 0 Å². The van der Waals surface area contributed by atoms with Crippen molar-refractivity contribution >= 4 is 17.5 Å². The van der Waals surface area contributed by atoms with E-state index >= 15 is 0 Å². The Labute approximate surface area is 118 Å². The summed E-state index contributed by atoms with van der Waals surface area (Å²) < 4.78 is 0. The van der Waals surface area contributed by atoms with Gasteiger partial charge in [0.25, 0.3) is 5.91 Å². The van der Waals surface area contributed by atoms with E-state index in [0.29, 0.717) is 29.2 Å². The second-order valence-corrected chi connectivity index (χ2v) is 4.22. The fourth-order valence-electron chi connectivity index (χ4n) is 1.60. The van der Waals surface area contributed by atoms with Gasteiger partial charge in [-0.2, -0.15) is 0 Å². The number of nitrogens with zero attached hydrogens (tertiary/aromatic N) is 1. The number of amides is 1. The predicted molar refractivity (Wildman–Crippen MR) is 76.0 cm³/mol. The molecule has 0 aliphatic carbocycles. The highest BCUT2D eigenvalue weighted by molar-refractivity contribution is 6.32. The average Bonchev–Trinajstić information content (AvgIpc) is 2.42. The zero-order chi connectivity index (χ0) is 14.3. The molecule has 0 aliphatic heterocycles. The van der Waals surface area contributed by atoms with Crippen molar-refractivity contribution in [3.05, 3.63) is 34.3 Å². The lowest BCUT2D eigenvalue weighted by atomic mass is 10.1. The molecular weight excluding hydrogens is 264 g/mol. The molecule has 1 aromatic carbocycles. The van der Waals surface area contributed by atoms with Crippen molar-refractivity contribution in [1.82, 2.24) is 4.90 Å². The summed E-state index contributed by atoms with van der Waals surface area (Å²) in [5.41, 5.74) is 6.43. The topological polar surface area (TPSA) is 66.6 Å². The highest BCUT2D eigenvalue weighted by Crippen LogP contribution is 2.18. The van der Waals surface area contributed by atoms with Crippen molar-refractivity contribution in [3.63, 3.8) is 0 Å². The minimum Gasteiger partial charge on any atom is -0.395 e. The van der Waals surface area contributed by atoms with Crippen molar-refractivity contribution in [1.29, 1.82) is 0 Å². The quantitative estimate of drug-likeness (QED) is 0.812. The SMILES string of the molecule is CCN(CCO)C(=O)c1ccc(C#CCN)c(Cl)c1. The van der Waals surface area contributed by atoms with Gasteiger partial charge >= 0.3 is 0 Å². The van der Waals surface area contributed by atoms with E-state index in [-0.39, 0.29) is 19.1 Å². The van der Waals surface area contributed by atoms with E-state index in [4.69, 9.17) is 22.4 Å². The van der Waals surface area contributed by atoms with Crippen LogP contribution in [-0.2, 0) is 0 Å². The Balaban J connectivity index is 2.96. The molecule has 0 bridgehead atoms. The first-order chi connectivity index (χ1) is 9.13. The van der Waals surface area contributed by atoms with Crippen molar-refractivity contribution < 1.29 is 9.90 Å². The molecule has 19 heavy (non-hydrogen) atoms. The van der Waals surface area contributed by atoms with E-state index in [1.54, 1.807) is 23.1 Å². The van der Waals surface area contributed by atoms with E-state index in [0.717, 1.165) is 0 Å². The maximum absolute atomic E-state index is 12.1. The zero-order valence-corrected chi connectivity index (χ0v) is 11.6. The van der Waals surface area contributed by atoms with Gasteiger partial charge in [0.1, 0.15) is 0 Å². The minimum absolute atomic E-state index is 0.0621. The molecule has 0 heterocycles. The lowest BCUT2D eigenvalue weighted by Crippen LogP contribution is -2.33. The van der Waals surface area contributed by atoms with Gasteiger partial charge in [0.15, 0.2) is 0 Å². The summed E-state index contributed by atoms with van der Waals surface area (Å²) in [6.07, 6.45) is 0. The van der Waals surface area contributed by atoms with Crippen molar-refractivity contribution in [2.24, 2.45) is 5.73 Å². The van der Waals surface area contributed by atoms with E-state index in [1.165, 1.54) is 0 Å². The molecule has 0 saturated carbocycles. The maximum atomic E-state index is 12.1. The number of hydrogen-bond acceptors (Lipinski definition) is 3. The molecule has 1 rings (SSSR count). The molecular formula is C14H17ClN2O2. The van der Waals surface area contributed by atoms with Crippen LogP contribution in [-0.4, -0.2) is 42.2 Å². The molecule has 0 saturated heterocycles. The number of carbonyl (C=O) groups excluding carboxylic acids is 1. The third-order valence-electron chi connectivity index (χ3n) is 2.58. The van der Waals surface area contributed by atoms with E-state index in [2.05, 4.69) is 11.8 Å². The first kappa shape index (κ1) is 15.5. The van der Waals surface area contributed by atoms with Gasteiger partial charge in [-0.15, -0.1) is 0 Å². The van der Waals surface area contributed by atoms with E-state index < -0.39 is 0 Å². The smallest absolute Gasteiger partial charge is 0.253 e. The van der Waals surface area contributed by atoms with Gasteiger partial charge in [-0.3, -0.25) is 4.79 Å². The van der Waals surface area contributed by atoms with E-state index in [1.807, 2.05) is 6.92 Å². The Bertz CT molecular complexity index is 506. The lowest BCUT2D eigenvalue weighted by Gasteiger charge is -2.19. The molecule has 0 atom stereocenters. The molecule has 0 radical (unpaired) electrons. The third-order valence-corrected chi connectivity index (χ3v) is 2.89. The summed E-state index contributed by atoms with van der Waals surface area (Å²) in [5.74, 6) is 5.39. The van der Waals surface area contributed by atoms with Crippen LogP contribution < -0.4 is 5.73 Å². The minimum atomic E-state index is -0.156. The van der Waals surface area contributed by atoms with Crippen LogP contribution in [0.2, 0.25) is 5.02 Å². The molecule has 0 unspecified atom stereocenters. The van der Waals surface area contributed by atoms with Crippen molar-refractivity contribution in [2.75, 3.05) is 26.2 Å². The predicted octanol–water partition coefficient (Wildman–Crippen LogP) is 1.10. The van der Waals surface area contributed by atoms with E-state index in [9.17, 15) is 4.79 Å². The molecule has 0 fully saturated rings. The number of aliphatic hydroxyl groups excluding tert-OH is 1. The Morgan fingerprint density at radius 2 is 2.26 bits per heavy atom. The summed E-state index contributed by atoms with van der Waals surface area (Å²) in [5, 5.41) is 9.33. The normalized spacial score (nSPS) is 9.68.